The van der Waals surface area contributed by atoms with E-state index in [1.807, 2.05) is 24.3 Å². The van der Waals surface area contributed by atoms with Crippen molar-refractivity contribution in [3.05, 3.63) is 24.3 Å². The second-order valence-corrected chi connectivity index (χ2v) is 4.18. The molecule has 3 nitrogen and oxygen atoms in total. The zero-order chi connectivity index (χ0) is 10.7. The van der Waals surface area contributed by atoms with E-state index in [0.29, 0.717) is 0 Å². The normalized spacial score (nSPS) is 22.6. The highest BCUT2D eigenvalue weighted by Gasteiger charge is 2.18. The third-order valence-corrected chi connectivity index (χ3v) is 2.79. The van der Waals surface area contributed by atoms with Crippen LogP contribution >= 0.6 is 0 Å². The van der Waals surface area contributed by atoms with Gasteiger partial charge in [-0.1, -0.05) is 12.1 Å². The van der Waals surface area contributed by atoms with Crippen molar-refractivity contribution >= 4 is 5.69 Å². The van der Waals surface area contributed by atoms with Gasteiger partial charge in [0.1, 0.15) is 11.9 Å². The van der Waals surface area contributed by atoms with E-state index < -0.39 is 0 Å². The van der Waals surface area contributed by atoms with E-state index in [2.05, 4.69) is 11.9 Å². The molecule has 1 aromatic rings. The van der Waals surface area contributed by atoms with Gasteiger partial charge in [-0.15, -0.1) is 0 Å². The summed E-state index contributed by atoms with van der Waals surface area (Å²) in [7, 11) is 2.13. The third-order valence-electron chi connectivity index (χ3n) is 2.79. The van der Waals surface area contributed by atoms with Crippen LogP contribution in [0.15, 0.2) is 24.3 Å². The minimum absolute atomic E-state index is 0.286. The molecular formula is C12H18N2O. The number of anilines is 1. The quantitative estimate of drug-likeness (QED) is 0.749. The zero-order valence-corrected chi connectivity index (χ0v) is 9.15. The van der Waals surface area contributed by atoms with Crippen LogP contribution in [0, 0.1) is 0 Å². The van der Waals surface area contributed by atoms with Gasteiger partial charge in [0.15, 0.2) is 0 Å². The molecule has 2 rings (SSSR count). The minimum atomic E-state index is 0.286. The van der Waals surface area contributed by atoms with Crippen molar-refractivity contribution in [3.8, 4) is 5.75 Å². The predicted octanol–water partition coefficient (Wildman–Crippen LogP) is 1.74. The van der Waals surface area contributed by atoms with Gasteiger partial charge in [0, 0.05) is 6.54 Å². The third kappa shape index (κ3) is 2.63. The molecule has 82 valence electrons. The van der Waals surface area contributed by atoms with Crippen LogP contribution in [-0.2, 0) is 0 Å². The molecule has 0 spiro atoms. The van der Waals surface area contributed by atoms with Crippen molar-refractivity contribution in [2.45, 2.75) is 18.9 Å². The molecule has 1 heterocycles. The summed E-state index contributed by atoms with van der Waals surface area (Å²) in [6, 6.07) is 7.69. The summed E-state index contributed by atoms with van der Waals surface area (Å²) in [6.07, 6.45) is 2.61. The molecule has 2 N–H and O–H groups in total. The Labute approximate surface area is 90.8 Å². The standard InChI is InChI=1S/C12H18N2O/c1-14-8-4-5-10(9-14)15-12-7-3-2-6-11(12)13/h2-3,6-7,10H,4-5,8-9,13H2,1H3/t10-/m0/s1. The number of piperidine rings is 1. The molecule has 0 radical (unpaired) electrons. The van der Waals surface area contributed by atoms with Gasteiger partial charge in [-0.3, -0.25) is 0 Å². The molecule has 15 heavy (non-hydrogen) atoms. The van der Waals surface area contributed by atoms with E-state index in [4.69, 9.17) is 10.5 Å². The largest absolute Gasteiger partial charge is 0.487 e. The van der Waals surface area contributed by atoms with Gasteiger partial charge in [0.2, 0.25) is 0 Å². The molecular weight excluding hydrogens is 188 g/mol. The number of para-hydroxylation sites is 2. The molecule has 0 unspecified atom stereocenters. The Morgan fingerprint density at radius 1 is 1.40 bits per heavy atom. The van der Waals surface area contributed by atoms with Gasteiger partial charge >= 0.3 is 0 Å². The highest BCUT2D eigenvalue weighted by molar-refractivity contribution is 5.51. The van der Waals surface area contributed by atoms with E-state index in [0.717, 1.165) is 24.4 Å². The SMILES string of the molecule is CN1CCC[C@H](Oc2ccccc2N)C1. The summed E-state index contributed by atoms with van der Waals surface area (Å²) in [5.41, 5.74) is 6.56. The highest BCUT2D eigenvalue weighted by atomic mass is 16.5. The Morgan fingerprint density at radius 2 is 2.20 bits per heavy atom. The minimum Gasteiger partial charge on any atom is -0.487 e. The van der Waals surface area contributed by atoms with Gasteiger partial charge in [-0.2, -0.15) is 0 Å². The monoisotopic (exact) mass is 206 g/mol. The number of likely N-dealkylation sites (tertiary alicyclic amines) is 1. The van der Waals surface area contributed by atoms with Crippen molar-refractivity contribution in [2.75, 3.05) is 25.9 Å². The topological polar surface area (TPSA) is 38.5 Å². The van der Waals surface area contributed by atoms with Crippen LogP contribution < -0.4 is 10.5 Å². The van der Waals surface area contributed by atoms with Crippen molar-refractivity contribution in [2.24, 2.45) is 0 Å². The van der Waals surface area contributed by atoms with Crippen molar-refractivity contribution in [1.29, 1.82) is 0 Å². The van der Waals surface area contributed by atoms with Gasteiger partial charge < -0.3 is 15.4 Å². The summed E-state index contributed by atoms with van der Waals surface area (Å²) >= 11 is 0. The van der Waals surface area contributed by atoms with E-state index in [9.17, 15) is 0 Å². The first-order valence-corrected chi connectivity index (χ1v) is 5.45. The number of likely N-dealkylation sites (N-methyl/N-ethyl adjacent to an activating group) is 1. The fourth-order valence-electron chi connectivity index (χ4n) is 1.98. The summed E-state index contributed by atoms with van der Waals surface area (Å²) in [4.78, 5) is 2.30. The van der Waals surface area contributed by atoms with Crippen LogP contribution in [-0.4, -0.2) is 31.1 Å². The van der Waals surface area contributed by atoms with Crippen molar-refractivity contribution in [3.63, 3.8) is 0 Å². The second-order valence-electron chi connectivity index (χ2n) is 4.18. The average molecular weight is 206 g/mol. The molecule has 1 aliphatic rings. The lowest BCUT2D eigenvalue weighted by Crippen LogP contribution is -2.38. The molecule has 1 fully saturated rings. The lowest BCUT2D eigenvalue weighted by Gasteiger charge is -2.30. The number of rotatable bonds is 2. The Bertz CT molecular complexity index is 327. The van der Waals surface area contributed by atoms with Crippen molar-refractivity contribution in [1.82, 2.24) is 4.90 Å². The number of nitrogens with two attached hydrogens (primary N) is 1. The van der Waals surface area contributed by atoms with Gasteiger partial charge in [0.05, 0.1) is 5.69 Å². The number of hydrogen-bond donors (Lipinski definition) is 1. The first-order chi connectivity index (χ1) is 7.25. The van der Waals surface area contributed by atoms with E-state index >= 15 is 0 Å². The van der Waals surface area contributed by atoms with Crippen LogP contribution in [0.5, 0.6) is 5.75 Å². The number of ether oxygens (including phenoxy) is 1. The van der Waals surface area contributed by atoms with Gasteiger partial charge in [0.25, 0.3) is 0 Å². The fourth-order valence-corrected chi connectivity index (χ4v) is 1.98. The predicted molar refractivity (Wildman–Crippen MR) is 62.0 cm³/mol. The number of hydrogen-bond acceptors (Lipinski definition) is 3. The summed E-state index contributed by atoms with van der Waals surface area (Å²) in [6.45, 7) is 2.17. The van der Waals surface area contributed by atoms with Crippen LogP contribution in [0.2, 0.25) is 0 Å². The molecule has 1 aliphatic heterocycles. The van der Waals surface area contributed by atoms with Crippen LogP contribution in [0.25, 0.3) is 0 Å². The molecule has 1 atom stereocenters. The second kappa shape index (κ2) is 4.53. The Kier molecular flexibility index (Phi) is 3.11. The van der Waals surface area contributed by atoms with Crippen LogP contribution in [0.3, 0.4) is 0 Å². The first kappa shape index (κ1) is 10.3. The number of nitrogens with zero attached hydrogens (tertiary/aromatic N) is 1. The summed E-state index contributed by atoms with van der Waals surface area (Å²) in [5.74, 6) is 0.817. The molecule has 1 aromatic carbocycles. The maximum Gasteiger partial charge on any atom is 0.142 e. The van der Waals surface area contributed by atoms with Gasteiger partial charge in [-0.25, -0.2) is 0 Å². The summed E-state index contributed by atoms with van der Waals surface area (Å²) in [5, 5.41) is 0. The zero-order valence-electron chi connectivity index (χ0n) is 9.15. The molecule has 0 bridgehead atoms. The smallest absolute Gasteiger partial charge is 0.142 e. The molecule has 0 saturated carbocycles. The Hall–Kier alpha value is -1.22. The number of nitrogen functional groups attached to an aromatic ring is 1. The van der Waals surface area contributed by atoms with Gasteiger partial charge in [-0.05, 0) is 38.6 Å². The summed E-state index contributed by atoms with van der Waals surface area (Å²) < 4.78 is 5.89. The van der Waals surface area contributed by atoms with E-state index in [-0.39, 0.29) is 6.10 Å². The molecule has 0 aromatic heterocycles. The van der Waals surface area contributed by atoms with E-state index in [1.165, 1.54) is 13.0 Å². The van der Waals surface area contributed by atoms with Crippen molar-refractivity contribution < 1.29 is 4.74 Å². The molecule has 1 saturated heterocycles. The maximum absolute atomic E-state index is 5.89. The number of benzene rings is 1. The van der Waals surface area contributed by atoms with Crippen LogP contribution in [0.1, 0.15) is 12.8 Å². The molecule has 0 amide bonds. The lowest BCUT2D eigenvalue weighted by atomic mass is 10.1. The molecule has 3 heteroatoms. The Balaban J connectivity index is 1.99. The van der Waals surface area contributed by atoms with E-state index in [1.54, 1.807) is 0 Å². The Morgan fingerprint density at radius 3 is 2.93 bits per heavy atom. The average Bonchev–Trinajstić information content (AvgIpc) is 2.22. The first-order valence-electron chi connectivity index (χ1n) is 5.45. The highest BCUT2D eigenvalue weighted by Crippen LogP contribution is 2.23. The van der Waals surface area contributed by atoms with Crippen LogP contribution in [0.4, 0.5) is 5.69 Å². The maximum atomic E-state index is 5.89. The molecule has 0 aliphatic carbocycles. The fraction of sp³-hybridized carbons (Fsp3) is 0.500. The lowest BCUT2D eigenvalue weighted by molar-refractivity contribution is 0.105.